The summed E-state index contributed by atoms with van der Waals surface area (Å²) in [5.41, 5.74) is 6.94. The monoisotopic (exact) mass is 451 g/mol. The van der Waals surface area contributed by atoms with Crippen molar-refractivity contribution in [3.8, 4) is 17.0 Å². The molecule has 2 bridgehead atoms. The smallest absolute Gasteiger partial charge is 0.402 e. The van der Waals surface area contributed by atoms with Crippen molar-refractivity contribution in [1.29, 1.82) is 0 Å². The van der Waals surface area contributed by atoms with E-state index in [1.165, 1.54) is 12.3 Å². The number of nitrogens with two attached hydrogens (primary N) is 1. The number of imidazole rings is 1. The van der Waals surface area contributed by atoms with Crippen molar-refractivity contribution >= 4 is 5.82 Å². The molecular formula is C22H28F3N5O2. The van der Waals surface area contributed by atoms with Crippen LogP contribution in [0.5, 0.6) is 5.75 Å². The molecule has 4 fully saturated rings. The van der Waals surface area contributed by atoms with Crippen molar-refractivity contribution in [2.24, 2.45) is 5.92 Å². The Kier molecular flexibility index (Phi) is 4.94. The van der Waals surface area contributed by atoms with Gasteiger partial charge in [0, 0.05) is 43.0 Å². The fourth-order valence-electron chi connectivity index (χ4n) is 5.59. The van der Waals surface area contributed by atoms with Gasteiger partial charge in [-0.05, 0) is 31.2 Å². The average molecular weight is 451 g/mol. The number of hydrogen-bond acceptors (Lipinski definition) is 6. The zero-order valence-corrected chi connectivity index (χ0v) is 18.3. The number of rotatable bonds is 6. The summed E-state index contributed by atoms with van der Waals surface area (Å²) in [6.07, 6.45) is 2.58. The molecule has 0 atom stereocenters. The van der Waals surface area contributed by atoms with Crippen LogP contribution >= 0.6 is 0 Å². The molecule has 0 unspecified atom stereocenters. The first-order chi connectivity index (χ1) is 15.1. The molecule has 2 N–H and O–H groups in total. The van der Waals surface area contributed by atoms with Gasteiger partial charge in [-0.25, -0.2) is 9.97 Å². The molecular weight excluding hydrogens is 423 g/mol. The van der Waals surface area contributed by atoms with Crippen LogP contribution in [-0.2, 0) is 16.7 Å². The van der Waals surface area contributed by atoms with Crippen molar-refractivity contribution in [3.05, 3.63) is 24.3 Å². The molecule has 0 amide bonds. The summed E-state index contributed by atoms with van der Waals surface area (Å²) in [4.78, 5) is 11.3. The Morgan fingerprint density at radius 3 is 2.50 bits per heavy atom. The van der Waals surface area contributed by atoms with E-state index in [2.05, 4.69) is 33.0 Å². The molecule has 7 nitrogen and oxygen atoms in total. The molecule has 3 aliphatic carbocycles. The molecule has 6 rings (SSSR count). The third-order valence-electron chi connectivity index (χ3n) is 6.94. The number of aromatic nitrogens is 3. The molecule has 3 heterocycles. The number of alkyl halides is 3. The molecule has 32 heavy (non-hydrogen) atoms. The summed E-state index contributed by atoms with van der Waals surface area (Å²) in [6, 6.07) is 1.26. The quantitative estimate of drug-likeness (QED) is 0.723. The lowest BCUT2D eigenvalue weighted by Gasteiger charge is -2.74. The predicted molar refractivity (Wildman–Crippen MR) is 112 cm³/mol. The number of nitrogen functional groups attached to an aromatic ring is 1. The predicted octanol–water partition coefficient (Wildman–Crippen LogP) is 3.59. The number of nitrogens with zero attached hydrogens (tertiary/aromatic N) is 4. The van der Waals surface area contributed by atoms with Crippen molar-refractivity contribution in [2.45, 2.75) is 57.0 Å². The minimum atomic E-state index is -4.84. The molecule has 1 saturated heterocycles. The van der Waals surface area contributed by atoms with Gasteiger partial charge in [-0.3, -0.25) is 4.90 Å². The molecule has 1 aliphatic heterocycles. The Morgan fingerprint density at radius 1 is 1.19 bits per heavy atom. The maximum absolute atomic E-state index is 12.7. The lowest BCUT2D eigenvalue weighted by atomic mass is 9.43. The Hall–Kier alpha value is -2.33. The van der Waals surface area contributed by atoms with E-state index in [0.717, 1.165) is 57.8 Å². The first-order valence-corrected chi connectivity index (χ1v) is 11.0. The van der Waals surface area contributed by atoms with Crippen LogP contribution in [0.4, 0.5) is 19.0 Å². The van der Waals surface area contributed by atoms with Crippen LogP contribution in [0, 0.1) is 5.92 Å². The lowest BCUT2D eigenvalue weighted by Crippen LogP contribution is -2.79. The van der Waals surface area contributed by atoms with Crippen molar-refractivity contribution in [2.75, 3.05) is 32.0 Å². The van der Waals surface area contributed by atoms with Gasteiger partial charge >= 0.3 is 6.36 Å². The van der Waals surface area contributed by atoms with E-state index in [9.17, 15) is 13.2 Å². The minimum absolute atomic E-state index is 0.0420. The third kappa shape index (κ3) is 3.63. The SMILES string of the molecule is CC(C)Cc1nc(-c2cnc(N)c(OC(F)(F)F)c2)cn1C12CC(N3CCOCC3)(C1)C2. The van der Waals surface area contributed by atoms with Crippen LogP contribution in [0.15, 0.2) is 18.5 Å². The summed E-state index contributed by atoms with van der Waals surface area (Å²) in [7, 11) is 0. The second-order valence-electron chi connectivity index (χ2n) is 9.74. The number of halogens is 3. The molecule has 2 aromatic heterocycles. The van der Waals surface area contributed by atoms with Gasteiger partial charge in [0.2, 0.25) is 0 Å². The van der Waals surface area contributed by atoms with Crippen LogP contribution in [0.25, 0.3) is 11.3 Å². The summed E-state index contributed by atoms with van der Waals surface area (Å²) >= 11 is 0. The zero-order valence-electron chi connectivity index (χ0n) is 18.3. The van der Waals surface area contributed by atoms with Crippen molar-refractivity contribution in [1.82, 2.24) is 19.4 Å². The van der Waals surface area contributed by atoms with E-state index in [1.54, 1.807) is 0 Å². The van der Waals surface area contributed by atoms with Crippen LogP contribution in [-0.4, -0.2) is 57.6 Å². The number of anilines is 1. The van der Waals surface area contributed by atoms with Crippen LogP contribution < -0.4 is 10.5 Å². The fourth-order valence-corrected chi connectivity index (χ4v) is 5.59. The summed E-state index contributed by atoms with van der Waals surface area (Å²) in [5.74, 6) is 0.546. The van der Waals surface area contributed by atoms with Gasteiger partial charge < -0.3 is 19.8 Å². The molecule has 0 radical (unpaired) electrons. The van der Waals surface area contributed by atoms with Gasteiger partial charge in [0.15, 0.2) is 11.6 Å². The highest BCUT2D eigenvalue weighted by molar-refractivity contribution is 5.64. The highest BCUT2D eigenvalue weighted by Crippen LogP contribution is 2.68. The molecule has 0 aromatic carbocycles. The van der Waals surface area contributed by atoms with E-state index < -0.39 is 12.1 Å². The van der Waals surface area contributed by atoms with E-state index >= 15 is 0 Å². The largest absolute Gasteiger partial charge is 0.573 e. The van der Waals surface area contributed by atoms with Crippen LogP contribution in [0.3, 0.4) is 0 Å². The zero-order chi connectivity index (χ0) is 22.7. The van der Waals surface area contributed by atoms with Crippen molar-refractivity contribution in [3.63, 3.8) is 0 Å². The number of hydrogen-bond donors (Lipinski definition) is 1. The van der Waals surface area contributed by atoms with E-state index in [4.69, 9.17) is 15.5 Å². The first-order valence-electron chi connectivity index (χ1n) is 11.0. The van der Waals surface area contributed by atoms with Crippen LogP contribution in [0.1, 0.15) is 38.9 Å². The minimum Gasteiger partial charge on any atom is -0.402 e. The van der Waals surface area contributed by atoms with Gasteiger partial charge in [0.05, 0.1) is 24.4 Å². The molecule has 3 saturated carbocycles. The average Bonchev–Trinajstić information content (AvgIpc) is 3.04. The first kappa shape index (κ1) is 21.5. The molecule has 0 spiro atoms. The van der Waals surface area contributed by atoms with E-state index in [-0.39, 0.29) is 16.9 Å². The number of pyridine rings is 1. The normalized spacial score (nSPS) is 27.8. The fraction of sp³-hybridized carbons (Fsp3) is 0.636. The molecule has 10 heteroatoms. The van der Waals surface area contributed by atoms with Gasteiger partial charge in [-0.2, -0.15) is 0 Å². The molecule has 4 aliphatic rings. The summed E-state index contributed by atoms with van der Waals surface area (Å²) in [6.45, 7) is 7.79. The topological polar surface area (TPSA) is 78.4 Å². The van der Waals surface area contributed by atoms with E-state index in [0.29, 0.717) is 17.2 Å². The van der Waals surface area contributed by atoms with E-state index in [1.807, 2.05) is 6.20 Å². The lowest BCUT2D eigenvalue weighted by molar-refractivity contribution is -0.274. The van der Waals surface area contributed by atoms with Gasteiger partial charge in [0.25, 0.3) is 0 Å². The maximum atomic E-state index is 12.7. The highest BCUT2D eigenvalue weighted by atomic mass is 19.4. The Bertz CT molecular complexity index is 994. The number of morpholine rings is 1. The summed E-state index contributed by atoms with van der Waals surface area (Å²) < 4.78 is 50.0. The highest BCUT2D eigenvalue weighted by Gasteiger charge is 2.71. The maximum Gasteiger partial charge on any atom is 0.573 e. The van der Waals surface area contributed by atoms with Gasteiger partial charge in [0.1, 0.15) is 5.82 Å². The van der Waals surface area contributed by atoms with Crippen molar-refractivity contribution < 1.29 is 22.6 Å². The second kappa shape index (κ2) is 7.34. The Morgan fingerprint density at radius 2 is 1.88 bits per heavy atom. The second-order valence-corrected chi connectivity index (χ2v) is 9.74. The van der Waals surface area contributed by atoms with Gasteiger partial charge in [-0.15, -0.1) is 13.2 Å². The molecule has 2 aromatic rings. The summed E-state index contributed by atoms with van der Waals surface area (Å²) in [5, 5.41) is 0. The Balaban J connectivity index is 1.43. The van der Waals surface area contributed by atoms with Crippen LogP contribution in [0.2, 0.25) is 0 Å². The third-order valence-corrected chi connectivity index (χ3v) is 6.94. The number of ether oxygens (including phenoxy) is 2. The standard InChI is InChI=1S/C22H28F3N5O2/c1-14(2)7-18-28-16(15-8-17(19(26)27-9-15)32-22(23,24)25)10-30(18)21-11-20(12-21,13-21)29-3-5-31-6-4-29/h8-10,14H,3-7,11-13H2,1-2H3,(H2,26,27). The molecule has 174 valence electrons. The Labute approximate surface area is 184 Å². The van der Waals surface area contributed by atoms with Gasteiger partial charge in [-0.1, -0.05) is 13.8 Å².